The smallest absolute Gasteiger partial charge is 0.327 e. The first kappa shape index (κ1) is 21.4. The lowest BCUT2D eigenvalue weighted by Crippen LogP contribution is -2.33. The number of hydrogen-bond donors (Lipinski definition) is 3. The van der Waals surface area contributed by atoms with Gasteiger partial charge in [0.1, 0.15) is 18.0 Å². The Morgan fingerprint density at radius 3 is 2.65 bits per heavy atom. The van der Waals surface area contributed by atoms with E-state index in [1.807, 2.05) is 55.5 Å². The van der Waals surface area contributed by atoms with Crippen LogP contribution < -0.4 is 20.9 Å². The summed E-state index contributed by atoms with van der Waals surface area (Å²) in [6.45, 7) is 2.65. The normalized spacial score (nSPS) is 12.1. The van der Waals surface area contributed by atoms with Crippen LogP contribution in [0, 0.1) is 6.92 Å². The maximum absolute atomic E-state index is 13.0. The number of urea groups is 1. The van der Waals surface area contributed by atoms with E-state index in [-0.39, 0.29) is 11.9 Å². The minimum absolute atomic E-state index is 0.251. The van der Waals surface area contributed by atoms with Gasteiger partial charge in [0.15, 0.2) is 0 Å². The summed E-state index contributed by atoms with van der Waals surface area (Å²) in [5.41, 5.74) is 3.48. The van der Waals surface area contributed by atoms with E-state index in [0.717, 1.165) is 40.7 Å². The third-order valence-corrected chi connectivity index (χ3v) is 5.96. The Kier molecular flexibility index (Phi) is 5.55. The number of anilines is 4. The van der Waals surface area contributed by atoms with E-state index in [1.54, 1.807) is 19.2 Å². The van der Waals surface area contributed by atoms with Crippen molar-refractivity contribution in [2.75, 3.05) is 34.4 Å². The first-order valence-electron chi connectivity index (χ1n) is 11.0. The van der Waals surface area contributed by atoms with Gasteiger partial charge in [0.05, 0.1) is 0 Å². The number of carbonyl (C=O) groups excluding carboxylic acids is 2. The Bertz CT molecular complexity index is 1420. The summed E-state index contributed by atoms with van der Waals surface area (Å²) in [5, 5.41) is 11.2. The fraction of sp³-hybridized carbons (Fsp3) is 0.154. The van der Waals surface area contributed by atoms with Gasteiger partial charge in [-0.3, -0.25) is 9.69 Å². The second-order valence-corrected chi connectivity index (χ2v) is 8.24. The van der Waals surface area contributed by atoms with Gasteiger partial charge in [-0.2, -0.15) is 0 Å². The zero-order valence-corrected chi connectivity index (χ0v) is 18.9. The van der Waals surface area contributed by atoms with Crippen LogP contribution in [0.15, 0.2) is 67.0 Å². The molecule has 1 aliphatic heterocycles. The number of nitrogens with one attached hydrogen (secondary N) is 3. The number of nitrogens with zero attached hydrogens (tertiary/aromatic N) is 3. The second-order valence-electron chi connectivity index (χ2n) is 8.24. The third-order valence-electron chi connectivity index (χ3n) is 5.96. The molecule has 34 heavy (non-hydrogen) atoms. The van der Waals surface area contributed by atoms with Gasteiger partial charge in [-0.1, -0.05) is 36.4 Å². The van der Waals surface area contributed by atoms with Crippen LogP contribution in [0.5, 0.6) is 0 Å². The summed E-state index contributed by atoms with van der Waals surface area (Å²) >= 11 is 0. The molecule has 8 heteroatoms. The van der Waals surface area contributed by atoms with Gasteiger partial charge in [-0.15, -0.1) is 0 Å². The Morgan fingerprint density at radius 2 is 1.79 bits per heavy atom. The lowest BCUT2D eigenvalue weighted by atomic mass is 10.1. The molecule has 0 bridgehead atoms. The van der Waals surface area contributed by atoms with Crippen molar-refractivity contribution in [3.63, 3.8) is 0 Å². The molecule has 0 saturated carbocycles. The molecule has 1 aliphatic rings. The van der Waals surface area contributed by atoms with Crippen molar-refractivity contribution in [1.29, 1.82) is 0 Å². The van der Waals surface area contributed by atoms with Gasteiger partial charge in [0.25, 0.3) is 5.91 Å². The van der Waals surface area contributed by atoms with E-state index in [1.165, 1.54) is 11.2 Å². The van der Waals surface area contributed by atoms with E-state index < -0.39 is 0 Å². The van der Waals surface area contributed by atoms with E-state index in [2.05, 4.69) is 25.9 Å². The van der Waals surface area contributed by atoms with Gasteiger partial charge in [-0.25, -0.2) is 14.8 Å². The van der Waals surface area contributed by atoms with Gasteiger partial charge in [-0.05, 0) is 53.9 Å². The standard InChI is InChI=1S/C26H24N6O2/c1-16-7-8-19(25(33)30-20-10-9-17-5-3-4-6-18(17)13-20)14-22(16)31-26(34)32(2)24-21-11-12-27-23(21)28-15-29-24/h3-10,13-15H,11-12H2,1-2H3,(H,30,33)(H,31,34)(H,27,28,29). The van der Waals surface area contributed by atoms with E-state index in [0.29, 0.717) is 22.8 Å². The third kappa shape index (κ3) is 4.13. The number of carbonyl (C=O) groups is 2. The van der Waals surface area contributed by atoms with Crippen molar-refractivity contribution >= 4 is 45.7 Å². The van der Waals surface area contributed by atoms with Crippen molar-refractivity contribution < 1.29 is 9.59 Å². The SMILES string of the molecule is Cc1ccc(C(=O)Nc2ccc3ccccc3c2)cc1NC(=O)N(C)c1ncnc2c1CCN2. The number of amides is 3. The molecular formula is C26H24N6O2. The molecule has 0 radical (unpaired) electrons. The molecule has 0 aliphatic carbocycles. The highest BCUT2D eigenvalue weighted by atomic mass is 16.2. The topological polar surface area (TPSA) is 99.3 Å². The molecule has 8 nitrogen and oxygen atoms in total. The number of fused-ring (bicyclic) bond motifs is 2. The van der Waals surface area contributed by atoms with Crippen LogP contribution in [0.4, 0.5) is 27.8 Å². The lowest BCUT2D eigenvalue weighted by Gasteiger charge is -2.20. The first-order chi connectivity index (χ1) is 16.5. The number of hydrogen-bond acceptors (Lipinski definition) is 5. The summed E-state index contributed by atoms with van der Waals surface area (Å²) in [6.07, 6.45) is 2.20. The van der Waals surface area contributed by atoms with Gasteiger partial charge >= 0.3 is 6.03 Å². The molecule has 5 rings (SSSR count). The van der Waals surface area contributed by atoms with Crippen LogP contribution in [0.25, 0.3) is 10.8 Å². The zero-order chi connectivity index (χ0) is 23.7. The molecule has 0 fully saturated rings. The highest BCUT2D eigenvalue weighted by Crippen LogP contribution is 2.28. The highest BCUT2D eigenvalue weighted by Gasteiger charge is 2.23. The molecule has 2 heterocycles. The van der Waals surface area contributed by atoms with E-state index in [9.17, 15) is 9.59 Å². The maximum atomic E-state index is 13.0. The van der Waals surface area contributed by atoms with E-state index >= 15 is 0 Å². The van der Waals surface area contributed by atoms with Gasteiger partial charge in [0, 0.05) is 36.1 Å². The Hall–Kier alpha value is -4.46. The number of aromatic nitrogens is 2. The summed E-state index contributed by atoms with van der Waals surface area (Å²) < 4.78 is 0. The van der Waals surface area contributed by atoms with Crippen LogP contribution in [0.2, 0.25) is 0 Å². The largest absolute Gasteiger partial charge is 0.369 e. The molecule has 3 N–H and O–H groups in total. The molecule has 4 aromatic rings. The highest BCUT2D eigenvalue weighted by molar-refractivity contribution is 6.07. The molecule has 0 saturated heterocycles. The first-order valence-corrected chi connectivity index (χ1v) is 11.0. The fourth-order valence-electron chi connectivity index (χ4n) is 4.04. The van der Waals surface area contributed by atoms with Crippen molar-refractivity contribution in [2.45, 2.75) is 13.3 Å². The summed E-state index contributed by atoms with van der Waals surface area (Å²) in [4.78, 5) is 35.9. The van der Waals surface area contributed by atoms with Crippen molar-refractivity contribution in [3.05, 3.63) is 83.7 Å². The van der Waals surface area contributed by atoms with Crippen LogP contribution in [-0.4, -0.2) is 35.5 Å². The van der Waals surface area contributed by atoms with Crippen LogP contribution >= 0.6 is 0 Å². The minimum atomic E-state index is -0.344. The Labute approximate surface area is 197 Å². The van der Waals surface area contributed by atoms with Crippen LogP contribution in [-0.2, 0) is 6.42 Å². The summed E-state index contributed by atoms with van der Waals surface area (Å²) in [6, 6.07) is 18.7. The average Bonchev–Trinajstić information content (AvgIpc) is 3.34. The zero-order valence-electron chi connectivity index (χ0n) is 18.9. The van der Waals surface area contributed by atoms with Gasteiger partial charge < -0.3 is 16.0 Å². The Balaban J connectivity index is 1.33. The summed E-state index contributed by atoms with van der Waals surface area (Å²) in [5.74, 6) is 1.07. The van der Waals surface area contributed by atoms with Crippen molar-refractivity contribution in [1.82, 2.24) is 9.97 Å². The number of rotatable bonds is 4. The molecule has 0 unspecified atom stereocenters. The molecule has 1 aromatic heterocycles. The van der Waals surface area contributed by atoms with Crippen LogP contribution in [0.1, 0.15) is 21.5 Å². The maximum Gasteiger partial charge on any atom is 0.327 e. The Morgan fingerprint density at radius 1 is 0.971 bits per heavy atom. The molecule has 3 aromatic carbocycles. The number of benzene rings is 3. The van der Waals surface area contributed by atoms with E-state index in [4.69, 9.17) is 0 Å². The number of aryl methyl sites for hydroxylation is 1. The molecular weight excluding hydrogens is 428 g/mol. The molecule has 0 spiro atoms. The molecule has 0 atom stereocenters. The summed E-state index contributed by atoms with van der Waals surface area (Å²) in [7, 11) is 1.67. The predicted molar refractivity (Wildman–Crippen MR) is 135 cm³/mol. The second kappa shape index (κ2) is 8.82. The minimum Gasteiger partial charge on any atom is -0.369 e. The van der Waals surface area contributed by atoms with Crippen molar-refractivity contribution in [3.8, 4) is 0 Å². The van der Waals surface area contributed by atoms with Gasteiger partial charge in [0.2, 0.25) is 0 Å². The lowest BCUT2D eigenvalue weighted by molar-refractivity contribution is 0.102. The quantitative estimate of drug-likeness (QED) is 0.412. The molecule has 170 valence electrons. The predicted octanol–water partition coefficient (Wildman–Crippen LogP) is 4.83. The fourth-order valence-corrected chi connectivity index (χ4v) is 4.04. The monoisotopic (exact) mass is 452 g/mol. The average molecular weight is 453 g/mol. The van der Waals surface area contributed by atoms with Crippen molar-refractivity contribution in [2.24, 2.45) is 0 Å². The molecule has 3 amide bonds. The van der Waals surface area contributed by atoms with Crippen LogP contribution in [0.3, 0.4) is 0 Å².